The third-order valence-corrected chi connectivity index (χ3v) is 4.08. The van der Waals surface area contributed by atoms with Crippen molar-refractivity contribution in [3.63, 3.8) is 0 Å². The summed E-state index contributed by atoms with van der Waals surface area (Å²) in [6.45, 7) is 0.219. The number of amides is 1. The molecular formula is C15H20FN3O2. The first-order valence-electron chi connectivity index (χ1n) is 7.09. The fraction of sp³-hybridized carbons (Fsp3) is 0.467. The summed E-state index contributed by atoms with van der Waals surface area (Å²) >= 11 is 0. The van der Waals surface area contributed by atoms with Crippen molar-refractivity contribution in [2.45, 2.75) is 38.6 Å². The van der Waals surface area contributed by atoms with Gasteiger partial charge in [-0.1, -0.05) is 36.6 Å². The molecule has 1 aromatic carbocycles. The minimum Gasteiger partial charge on any atom is -0.409 e. The van der Waals surface area contributed by atoms with E-state index in [0.717, 1.165) is 19.3 Å². The van der Waals surface area contributed by atoms with Crippen molar-refractivity contribution < 1.29 is 14.4 Å². The van der Waals surface area contributed by atoms with Crippen molar-refractivity contribution in [1.82, 2.24) is 5.32 Å². The summed E-state index contributed by atoms with van der Waals surface area (Å²) in [5.74, 6) is -0.647. The van der Waals surface area contributed by atoms with E-state index in [0.29, 0.717) is 18.4 Å². The van der Waals surface area contributed by atoms with Crippen molar-refractivity contribution >= 4 is 11.7 Å². The van der Waals surface area contributed by atoms with Crippen LogP contribution in [0.1, 0.15) is 37.7 Å². The Kier molecular flexibility index (Phi) is 4.77. The molecule has 1 aliphatic carbocycles. The molecule has 0 aliphatic heterocycles. The van der Waals surface area contributed by atoms with Gasteiger partial charge in [-0.2, -0.15) is 0 Å². The number of oxime groups is 1. The number of halogens is 1. The standard InChI is InChI=1S/C15H20FN3O2/c16-12-6-4-5-11(9-12)10-18-14(20)15(13(17)19-21)7-2-1-3-8-15/h4-6,9,21H,1-3,7-8,10H2,(H2,17,19)(H,18,20). The van der Waals surface area contributed by atoms with E-state index in [9.17, 15) is 9.18 Å². The average Bonchev–Trinajstić information content (AvgIpc) is 2.52. The van der Waals surface area contributed by atoms with Crippen molar-refractivity contribution in [3.05, 3.63) is 35.6 Å². The summed E-state index contributed by atoms with van der Waals surface area (Å²) < 4.78 is 13.1. The van der Waals surface area contributed by atoms with Gasteiger partial charge in [-0.25, -0.2) is 4.39 Å². The largest absolute Gasteiger partial charge is 0.409 e. The van der Waals surface area contributed by atoms with Crippen LogP contribution in [0.3, 0.4) is 0 Å². The zero-order valence-corrected chi connectivity index (χ0v) is 11.8. The number of rotatable bonds is 4. The number of amidine groups is 1. The van der Waals surface area contributed by atoms with Crippen LogP contribution < -0.4 is 11.1 Å². The normalized spacial score (nSPS) is 18.2. The van der Waals surface area contributed by atoms with Gasteiger partial charge in [0, 0.05) is 6.54 Å². The Morgan fingerprint density at radius 3 is 2.71 bits per heavy atom. The number of nitrogens with two attached hydrogens (primary N) is 1. The van der Waals surface area contributed by atoms with E-state index in [1.807, 2.05) is 0 Å². The highest BCUT2D eigenvalue weighted by Crippen LogP contribution is 2.36. The van der Waals surface area contributed by atoms with E-state index >= 15 is 0 Å². The van der Waals surface area contributed by atoms with E-state index in [2.05, 4.69) is 10.5 Å². The predicted octanol–water partition coefficient (Wildman–Crippen LogP) is 2.14. The lowest BCUT2D eigenvalue weighted by Crippen LogP contribution is -2.50. The first kappa shape index (κ1) is 15.3. The van der Waals surface area contributed by atoms with Crippen molar-refractivity contribution in [3.8, 4) is 0 Å². The molecule has 0 radical (unpaired) electrons. The molecular weight excluding hydrogens is 273 g/mol. The lowest BCUT2D eigenvalue weighted by Gasteiger charge is -2.34. The molecule has 0 atom stereocenters. The lowest BCUT2D eigenvalue weighted by molar-refractivity contribution is -0.129. The molecule has 5 nitrogen and oxygen atoms in total. The maximum absolute atomic E-state index is 13.1. The molecule has 0 spiro atoms. The van der Waals surface area contributed by atoms with Crippen LogP contribution in [0.25, 0.3) is 0 Å². The molecule has 4 N–H and O–H groups in total. The number of carbonyl (C=O) groups is 1. The molecule has 2 rings (SSSR count). The van der Waals surface area contributed by atoms with Crippen LogP contribution in [-0.4, -0.2) is 17.0 Å². The average molecular weight is 293 g/mol. The van der Waals surface area contributed by atoms with Gasteiger partial charge in [0.25, 0.3) is 0 Å². The van der Waals surface area contributed by atoms with Crippen LogP contribution in [-0.2, 0) is 11.3 Å². The zero-order chi connectivity index (χ0) is 15.3. The van der Waals surface area contributed by atoms with E-state index in [-0.39, 0.29) is 24.1 Å². The van der Waals surface area contributed by atoms with Crippen LogP contribution in [0.15, 0.2) is 29.4 Å². The Labute approximate surface area is 123 Å². The summed E-state index contributed by atoms with van der Waals surface area (Å²) in [7, 11) is 0. The Bertz CT molecular complexity index is 539. The Morgan fingerprint density at radius 2 is 2.10 bits per heavy atom. The molecule has 0 saturated heterocycles. The van der Waals surface area contributed by atoms with E-state index in [1.54, 1.807) is 12.1 Å². The maximum Gasteiger partial charge on any atom is 0.234 e. The minimum atomic E-state index is -0.944. The highest BCUT2D eigenvalue weighted by atomic mass is 19.1. The molecule has 6 heteroatoms. The Balaban J connectivity index is 2.09. The van der Waals surface area contributed by atoms with Gasteiger partial charge in [0.05, 0.1) is 0 Å². The van der Waals surface area contributed by atoms with Gasteiger partial charge in [0.2, 0.25) is 5.91 Å². The van der Waals surface area contributed by atoms with Crippen molar-refractivity contribution in [2.75, 3.05) is 0 Å². The molecule has 1 amide bonds. The minimum absolute atomic E-state index is 0.0426. The number of hydrogen-bond donors (Lipinski definition) is 3. The molecule has 0 heterocycles. The topological polar surface area (TPSA) is 87.7 Å². The molecule has 1 aromatic rings. The fourth-order valence-corrected chi connectivity index (χ4v) is 2.85. The van der Waals surface area contributed by atoms with Gasteiger partial charge < -0.3 is 16.3 Å². The second-order valence-electron chi connectivity index (χ2n) is 5.44. The number of nitrogens with zero attached hydrogens (tertiary/aromatic N) is 1. The Morgan fingerprint density at radius 1 is 1.38 bits per heavy atom. The maximum atomic E-state index is 13.1. The summed E-state index contributed by atoms with van der Waals surface area (Å²) in [5.41, 5.74) is 5.49. The third-order valence-electron chi connectivity index (χ3n) is 4.08. The van der Waals surface area contributed by atoms with Crippen LogP contribution in [0.5, 0.6) is 0 Å². The molecule has 21 heavy (non-hydrogen) atoms. The van der Waals surface area contributed by atoms with E-state index in [4.69, 9.17) is 10.9 Å². The van der Waals surface area contributed by atoms with Gasteiger partial charge in [0.1, 0.15) is 11.2 Å². The first-order chi connectivity index (χ1) is 10.1. The molecule has 1 saturated carbocycles. The third kappa shape index (κ3) is 3.32. The SMILES string of the molecule is NC(=NO)C1(C(=O)NCc2cccc(F)c2)CCCCC1. The summed E-state index contributed by atoms with van der Waals surface area (Å²) in [6.07, 6.45) is 3.90. The zero-order valence-electron chi connectivity index (χ0n) is 11.8. The summed E-state index contributed by atoms with van der Waals surface area (Å²) in [4.78, 5) is 12.5. The summed E-state index contributed by atoms with van der Waals surface area (Å²) in [5, 5.41) is 14.8. The molecule has 0 unspecified atom stereocenters. The molecule has 1 aliphatic rings. The summed E-state index contributed by atoms with van der Waals surface area (Å²) in [6, 6.07) is 6.05. The van der Waals surface area contributed by atoms with Crippen LogP contribution >= 0.6 is 0 Å². The van der Waals surface area contributed by atoms with Gasteiger partial charge in [0.15, 0.2) is 5.84 Å². The van der Waals surface area contributed by atoms with Crippen LogP contribution in [0, 0.1) is 11.2 Å². The highest BCUT2D eigenvalue weighted by molar-refractivity contribution is 6.06. The second-order valence-corrected chi connectivity index (χ2v) is 5.44. The van der Waals surface area contributed by atoms with E-state index in [1.165, 1.54) is 12.1 Å². The quantitative estimate of drug-likeness (QED) is 0.344. The number of carbonyl (C=O) groups excluding carboxylic acids is 1. The molecule has 0 aromatic heterocycles. The number of benzene rings is 1. The van der Waals surface area contributed by atoms with Gasteiger partial charge in [-0.3, -0.25) is 4.79 Å². The van der Waals surface area contributed by atoms with Crippen LogP contribution in [0.2, 0.25) is 0 Å². The lowest BCUT2D eigenvalue weighted by atomic mass is 9.72. The smallest absolute Gasteiger partial charge is 0.234 e. The van der Waals surface area contributed by atoms with Crippen molar-refractivity contribution in [2.24, 2.45) is 16.3 Å². The molecule has 1 fully saturated rings. The van der Waals surface area contributed by atoms with Crippen molar-refractivity contribution in [1.29, 1.82) is 0 Å². The molecule has 0 bridgehead atoms. The highest BCUT2D eigenvalue weighted by Gasteiger charge is 2.43. The van der Waals surface area contributed by atoms with Crippen LogP contribution in [0.4, 0.5) is 4.39 Å². The van der Waals surface area contributed by atoms with Gasteiger partial charge in [-0.05, 0) is 30.5 Å². The van der Waals surface area contributed by atoms with E-state index < -0.39 is 5.41 Å². The number of nitrogens with one attached hydrogen (secondary N) is 1. The number of hydrogen-bond acceptors (Lipinski definition) is 3. The predicted molar refractivity (Wildman–Crippen MR) is 77.2 cm³/mol. The monoisotopic (exact) mass is 293 g/mol. The molecule has 114 valence electrons. The van der Waals surface area contributed by atoms with Gasteiger partial charge >= 0.3 is 0 Å². The van der Waals surface area contributed by atoms with Gasteiger partial charge in [-0.15, -0.1) is 0 Å². The fourth-order valence-electron chi connectivity index (χ4n) is 2.85. The first-order valence-corrected chi connectivity index (χ1v) is 7.09. The second kappa shape index (κ2) is 6.56. The Hall–Kier alpha value is -2.11.